The van der Waals surface area contributed by atoms with Gasteiger partial charge in [0.25, 0.3) is 5.56 Å². The Kier molecular flexibility index (Phi) is 6.29. The quantitative estimate of drug-likeness (QED) is 0.490. The first-order valence-electron chi connectivity index (χ1n) is 10.5. The molecule has 0 bridgehead atoms. The highest BCUT2D eigenvalue weighted by molar-refractivity contribution is 6.33. The first-order valence-corrected chi connectivity index (χ1v) is 10.9. The lowest BCUT2D eigenvalue weighted by molar-refractivity contribution is 0.398. The highest BCUT2D eigenvalue weighted by Crippen LogP contribution is 2.32. The summed E-state index contributed by atoms with van der Waals surface area (Å²) in [5, 5.41) is 0.538. The number of piperidine rings is 1. The average Bonchev–Trinajstić information content (AvgIpc) is 2.72. The lowest BCUT2D eigenvalue weighted by Crippen LogP contribution is -2.34. The molecule has 0 amide bonds. The van der Waals surface area contributed by atoms with Gasteiger partial charge in [-0.3, -0.25) is 9.36 Å². The minimum Gasteiger partial charge on any atom is -0.370 e. The van der Waals surface area contributed by atoms with Crippen LogP contribution in [0.25, 0.3) is 5.69 Å². The molecule has 0 aliphatic carbocycles. The van der Waals surface area contributed by atoms with Crippen LogP contribution in [0.15, 0.2) is 41.2 Å². The molecule has 0 N–H and O–H groups in total. The Balaban J connectivity index is 1.46. The molecule has 0 atom stereocenters. The molecular formula is C24H23ClF3N3O. The van der Waals surface area contributed by atoms with Crippen molar-refractivity contribution >= 4 is 17.3 Å². The average molecular weight is 462 g/mol. The van der Waals surface area contributed by atoms with E-state index in [0.717, 1.165) is 43.8 Å². The molecule has 32 heavy (non-hydrogen) atoms. The monoisotopic (exact) mass is 461 g/mol. The van der Waals surface area contributed by atoms with Crippen molar-refractivity contribution in [3.05, 3.63) is 86.3 Å². The topological polar surface area (TPSA) is 38.1 Å². The van der Waals surface area contributed by atoms with E-state index in [-0.39, 0.29) is 11.5 Å². The maximum Gasteiger partial charge on any atom is 0.258 e. The lowest BCUT2D eigenvalue weighted by Gasteiger charge is -2.34. The summed E-state index contributed by atoms with van der Waals surface area (Å²) in [6.45, 7) is 5.03. The second-order valence-electron chi connectivity index (χ2n) is 8.26. The Morgan fingerprint density at radius 1 is 1.03 bits per heavy atom. The summed E-state index contributed by atoms with van der Waals surface area (Å²) < 4.78 is 41.7. The Bertz CT molecular complexity index is 1200. The number of benzene rings is 2. The Labute approximate surface area is 189 Å². The van der Waals surface area contributed by atoms with Gasteiger partial charge in [-0.1, -0.05) is 11.6 Å². The number of nitrogens with zero attached hydrogens (tertiary/aromatic N) is 3. The normalized spacial score (nSPS) is 14.8. The first-order chi connectivity index (χ1) is 15.2. The lowest BCUT2D eigenvalue weighted by atomic mass is 9.90. The Morgan fingerprint density at radius 2 is 1.69 bits per heavy atom. The van der Waals surface area contributed by atoms with Gasteiger partial charge >= 0.3 is 0 Å². The van der Waals surface area contributed by atoms with Gasteiger partial charge in [0.15, 0.2) is 17.5 Å². The highest BCUT2D eigenvalue weighted by atomic mass is 35.5. The van der Waals surface area contributed by atoms with Crippen molar-refractivity contribution in [3.8, 4) is 5.69 Å². The number of rotatable bonds is 4. The van der Waals surface area contributed by atoms with E-state index in [4.69, 9.17) is 11.6 Å². The van der Waals surface area contributed by atoms with Crippen molar-refractivity contribution in [2.24, 2.45) is 5.92 Å². The summed E-state index contributed by atoms with van der Waals surface area (Å²) in [4.78, 5) is 18.9. The zero-order valence-electron chi connectivity index (χ0n) is 17.8. The summed E-state index contributed by atoms with van der Waals surface area (Å²) in [6, 6.07) is 9.14. The van der Waals surface area contributed by atoms with Crippen LogP contribution in [-0.4, -0.2) is 22.6 Å². The molecule has 0 spiro atoms. The predicted octanol–water partition coefficient (Wildman–Crippen LogP) is 5.38. The summed E-state index contributed by atoms with van der Waals surface area (Å²) in [5.41, 5.74) is 2.51. The zero-order valence-corrected chi connectivity index (χ0v) is 18.6. The molecule has 3 aromatic rings. The van der Waals surface area contributed by atoms with Crippen molar-refractivity contribution in [3.63, 3.8) is 0 Å². The minimum absolute atomic E-state index is 0.159. The van der Waals surface area contributed by atoms with Gasteiger partial charge in [0.05, 0.1) is 16.4 Å². The van der Waals surface area contributed by atoms with Gasteiger partial charge in [0.2, 0.25) is 0 Å². The van der Waals surface area contributed by atoms with E-state index in [1.807, 2.05) is 12.1 Å². The number of aromatic nitrogens is 2. The number of hydrogen-bond donors (Lipinski definition) is 0. The largest absolute Gasteiger partial charge is 0.370 e. The number of anilines is 1. The van der Waals surface area contributed by atoms with E-state index < -0.39 is 17.5 Å². The molecule has 2 aromatic carbocycles. The molecule has 2 heterocycles. The number of aryl methyl sites for hydroxylation is 2. The maximum absolute atomic E-state index is 13.5. The standard InChI is InChI=1S/C24H23ClF3N3O/c1-14-9-23(32)31(15(2)29-14)18-3-4-22(19(25)13-18)30-7-5-16(6-8-30)10-17-11-20(26)24(28)21(27)12-17/h3-4,9,11-13,16H,5-8,10H2,1-2H3. The predicted molar refractivity (Wildman–Crippen MR) is 119 cm³/mol. The molecule has 0 saturated carbocycles. The SMILES string of the molecule is Cc1cc(=O)n(-c2ccc(N3CCC(Cc4cc(F)c(F)c(F)c4)CC3)c(Cl)c2)c(C)n1. The van der Waals surface area contributed by atoms with Gasteiger partial charge in [0, 0.05) is 24.8 Å². The zero-order chi connectivity index (χ0) is 23.0. The minimum atomic E-state index is -1.43. The molecule has 1 aromatic heterocycles. The van der Waals surface area contributed by atoms with Gasteiger partial charge < -0.3 is 4.90 Å². The number of hydrogen-bond acceptors (Lipinski definition) is 3. The molecule has 1 aliphatic rings. The Morgan fingerprint density at radius 3 is 2.28 bits per heavy atom. The maximum atomic E-state index is 13.5. The second kappa shape index (κ2) is 8.98. The van der Waals surface area contributed by atoms with Crippen molar-refractivity contribution in [2.75, 3.05) is 18.0 Å². The first kappa shape index (κ1) is 22.4. The molecule has 1 aliphatic heterocycles. The summed E-state index contributed by atoms with van der Waals surface area (Å²) in [7, 11) is 0. The molecule has 1 fully saturated rings. The van der Waals surface area contributed by atoms with Crippen LogP contribution in [0.1, 0.15) is 29.9 Å². The fourth-order valence-corrected chi connectivity index (χ4v) is 4.68. The van der Waals surface area contributed by atoms with Gasteiger partial charge in [-0.15, -0.1) is 0 Å². The molecule has 0 radical (unpaired) electrons. The van der Waals surface area contributed by atoms with Crippen LogP contribution in [0.5, 0.6) is 0 Å². The van der Waals surface area contributed by atoms with Crippen molar-refractivity contribution in [2.45, 2.75) is 33.1 Å². The van der Waals surface area contributed by atoms with Gasteiger partial charge in [-0.2, -0.15) is 0 Å². The molecule has 4 rings (SSSR count). The van der Waals surface area contributed by atoms with E-state index in [1.54, 1.807) is 19.9 Å². The van der Waals surface area contributed by atoms with Crippen LogP contribution in [-0.2, 0) is 6.42 Å². The second-order valence-corrected chi connectivity index (χ2v) is 8.67. The van der Waals surface area contributed by atoms with E-state index in [1.165, 1.54) is 10.6 Å². The van der Waals surface area contributed by atoms with Gasteiger partial charge in [0.1, 0.15) is 5.82 Å². The van der Waals surface area contributed by atoms with Crippen molar-refractivity contribution in [1.29, 1.82) is 0 Å². The van der Waals surface area contributed by atoms with Gasteiger partial charge in [-0.05, 0) is 74.9 Å². The van der Waals surface area contributed by atoms with E-state index in [9.17, 15) is 18.0 Å². The van der Waals surface area contributed by atoms with Crippen molar-refractivity contribution < 1.29 is 13.2 Å². The molecule has 0 unspecified atom stereocenters. The third-order valence-electron chi connectivity index (χ3n) is 5.93. The van der Waals surface area contributed by atoms with Crippen LogP contribution in [0.3, 0.4) is 0 Å². The van der Waals surface area contributed by atoms with Crippen LogP contribution < -0.4 is 10.5 Å². The molecule has 168 valence electrons. The fourth-order valence-electron chi connectivity index (χ4n) is 4.38. The molecule has 1 saturated heterocycles. The molecule has 8 heteroatoms. The number of halogens is 4. The van der Waals surface area contributed by atoms with Crippen LogP contribution in [0, 0.1) is 37.2 Å². The molecular weight excluding hydrogens is 439 g/mol. The van der Waals surface area contributed by atoms with Gasteiger partial charge in [-0.25, -0.2) is 18.2 Å². The van der Waals surface area contributed by atoms with E-state index >= 15 is 0 Å². The Hall–Kier alpha value is -2.80. The third-order valence-corrected chi connectivity index (χ3v) is 6.23. The third kappa shape index (κ3) is 4.53. The molecule has 4 nitrogen and oxygen atoms in total. The summed E-state index contributed by atoms with van der Waals surface area (Å²) in [6.07, 6.45) is 2.13. The summed E-state index contributed by atoms with van der Waals surface area (Å²) in [5.74, 6) is -2.90. The summed E-state index contributed by atoms with van der Waals surface area (Å²) >= 11 is 6.57. The smallest absolute Gasteiger partial charge is 0.258 e. The highest BCUT2D eigenvalue weighted by Gasteiger charge is 2.22. The van der Waals surface area contributed by atoms with E-state index in [0.29, 0.717) is 34.2 Å². The van der Waals surface area contributed by atoms with Crippen LogP contribution >= 0.6 is 11.6 Å². The van der Waals surface area contributed by atoms with Crippen LogP contribution in [0.2, 0.25) is 5.02 Å². The fraction of sp³-hybridized carbons (Fsp3) is 0.333. The van der Waals surface area contributed by atoms with Crippen LogP contribution in [0.4, 0.5) is 18.9 Å². The van der Waals surface area contributed by atoms with E-state index in [2.05, 4.69) is 9.88 Å². The van der Waals surface area contributed by atoms with Crippen molar-refractivity contribution in [1.82, 2.24) is 9.55 Å².